The lowest BCUT2D eigenvalue weighted by Crippen LogP contribution is -2.23. The Morgan fingerprint density at radius 2 is 1.46 bits per heavy atom. The van der Waals surface area contributed by atoms with E-state index in [0.29, 0.717) is 11.7 Å². The van der Waals surface area contributed by atoms with Gasteiger partial charge in [-0.25, -0.2) is 15.0 Å². The van der Waals surface area contributed by atoms with Gasteiger partial charge >= 0.3 is 0 Å². The molecule has 6 aromatic carbocycles. The number of allylic oxidation sites excluding steroid dienone is 13. The van der Waals surface area contributed by atoms with Crippen molar-refractivity contribution in [2.45, 2.75) is 39.0 Å². The van der Waals surface area contributed by atoms with Gasteiger partial charge in [-0.15, -0.1) is 0 Å². The fourth-order valence-corrected chi connectivity index (χ4v) is 9.02. The average Bonchev–Trinajstić information content (AvgIpc) is 3.41. The van der Waals surface area contributed by atoms with Crippen molar-refractivity contribution in [2.24, 2.45) is 15.0 Å². The number of aliphatic imine (C=N–C) groups is 3. The number of nitrogens with zero attached hydrogens (tertiary/aromatic N) is 4. The first-order chi connectivity index (χ1) is 34.0. The molecule has 0 fully saturated rings. The predicted octanol–water partition coefficient (Wildman–Crippen LogP) is 14.6. The minimum atomic E-state index is 0.0996. The van der Waals surface area contributed by atoms with Crippen LogP contribution in [0.1, 0.15) is 66.8 Å². The van der Waals surface area contributed by atoms with Crippen molar-refractivity contribution >= 4 is 46.5 Å². The van der Waals surface area contributed by atoms with Gasteiger partial charge in [0.15, 0.2) is 11.7 Å². The summed E-state index contributed by atoms with van der Waals surface area (Å²) in [6.45, 7) is 8.22. The summed E-state index contributed by atoms with van der Waals surface area (Å²) in [6, 6.07) is 55.1. The highest BCUT2D eigenvalue weighted by Crippen LogP contribution is 2.35. The topological polar surface area (TPSA) is 50.0 Å². The standard InChI is InChI=1S/C65H56N4/c1-5-19-46(3)61(44-56-28-14-13-26-48(56)20-6-2)52-35-33-51(34-36-52)58-41-59(63-38-37-53-27-15-16-32-62(53)68-63)43-60(42-58)64(66-4)69-65(57-31-18-30-55(40-57)50-24-11-8-12-25-50)67-45-47-21-17-29-54(39-47)49-22-9-7-10-23-49/h5-7,9-11,13-33,35-45,51H,2,8,12,34H2,1,3-4H3/b19-5-,48-20+,56-44-,61-46-,66-64?,67-45?,69-65?. The lowest BCUT2D eigenvalue weighted by molar-refractivity contribution is 0.847. The second-order valence-corrected chi connectivity index (χ2v) is 17.3. The van der Waals surface area contributed by atoms with Crippen LogP contribution >= 0.6 is 0 Å². The summed E-state index contributed by atoms with van der Waals surface area (Å²) in [5.74, 6) is 1.25. The molecule has 1 unspecified atom stereocenters. The molecular formula is C65H56N4. The Bertz CT molecular complexity index is 3460. The van der Waals surface area contributed by atoms with E-state index >= 15 is 0 Å². The Kier molecular flexibility index (Phi) is 14.6. The molecule has 0 saturated carbocycles. The van der Waals surface area contributed by atoms with E-state index in [4.69, 9.17) is 20.0 Å². The summed E-state index contributed by atoms with van der Waals surface area (Å²) in [6.07, 6.45) is 29.1. The Labute approximate surface area is 407 Å². The molecule has 0 N–H and O–H groups in total. The molecule has 1 heterocycles. The first-order valence-electron chi connectivity index (χ1n) is 23.8. The molecule has 0 saturated heterocycles. The van der Waals surface area contributed by atoms with Crippen LogP contribution in [0.2, 0.25) is 0 Å². The number of pyridine rings is 1. The third kappa shape index (κ3) is 11.1. The molecule has 1 aromatic heterocycles. The maximum Gasteiger partial charge on any atom is 0.161 e. The number of fused-ring (bicyclic) bond motifs is 1. The zero-order valence-electron chi connectivity index (χ0n) is 39.6. The van der Waals surface area contributed by atoms with Crippen LogP contribution in [0.4, 0.5) is 0 Å². The maximum atomic E-state index is 5.38. The van der Waals surface area contributed by atoms with Crippen molar-refractivity contribution in [1.29, 1.82) is 0 Å². The van der Waals surface area contributed by atoms with E-state index in [1.807, 2.05) is 31.5 Å². The van der Waals surface area contributed by atoms with Gasteiger partial charge in [0, 0.05) is 41.3 Å². The first-order valence-corrected chi connectivity index (χ1v) is 23.8. The summed E-state index contributed by atoms with van der Waals surface area (Å²) in [4.78, 5) is 20.6. The van der Waals surface area contributed by atoms with Gasteiger partial charge in [-0.05, 0) is 142 Å². The molecule has 0 spiro atoms. The molecule has 0 amide bonds. The number of aromatic nitrogens is 1. The summed E-state index contributed by atoms with van der Waals surface area (Å²) in [5, 5.41) is 3.39. The molecular weight excluding hydrogens is 837 g/mol. The van der Waals surface area contributed by atoms with Crippen LogP contribution in [0.3, 0.4) is 0 Å². The van der Waals surface area contributed by atoms with Gasteiger partial charge in [0.05, 0.1) is 11.2 Å². The van der Waals surface area contributed by atoms with Gasteiger partial charge in [-0.2, -0.15) is 0 Å². The highest BCUT2D eigenvalue weighted by Gasteiger charge is 2.19. The Balaban J connectivity index is 1.14. The van der Waals surface area contributed by atoms with Crippen molar-refractivity contribution in [3.63, 3.8) is 0 Å². The van der Waals surface area contributed by atoms with Crippen LogP contribution in [-0.4, -0.2) is 29.9 Å². The third-order valence-corrected chi connectivity index (χ3v) is 12.6. The molecule has 7 aromatic rings. The molecule has 69 heavy (non-hydrogen) atoms. The van der Waals surface area contributed by atoms with Gasteiger partial charge in [-0.1, -0.05) is 183 Å². The number of benzene rings is 6. The van der Waals surface area contributed by atoms with Crippen molar-refractivity contribution in [3.8, 4) is 22.4 Å². The first kappa shape index (κ1) is 45.8. The zero-order chi connectivity index (χ0) is 47.4. The van der Waals surface area contributed by atoms with E-state index in [1.54, 1.807) is 0 Å². The zero-order valence-corrected chi connectivity index (χ0v) is 39.6. The van der Waals surface area contributed by atoms with Crippen LogP contribution in [0, 0.1) is 0 Å². The van der Waals surface area contributed by atoms with Crippen LogP contribution in [0.15, 0.2) is 251 Å². The van der Waals surface area contributed by atoms with Crippen LogP contribution in [0.5, 0.6) is 0 Å². The smallest absolute Gasteiger partial charge is 0.161 e. The number of hydrogen-bond donors (Lipinski definition) is 0. The van der Waals surface area contributed by atoms with Crippen LogP contribution < -0.4 is 10.4 Å². The molecule has 0 aliphatic heterocycles. The highest BCUT2D eigenvalue weighted by atomic mass is 15.0. The molecule has 9 rings (SSSR count). The Hall–Kier alpha value is -8.34. The van der Waals surface area contributed by atoms with Gasteiger partial charge in [0.2, 0.25) is 0 Å². The van der Waals surface area contributed by atoms with Crippen molar-refractivity contribution in [3.05, 3.63) is 274 Å². The van der Waals surface area contributed by atoms with Crippen LogP contribution in [-0.2, 0) is 0 Å². The maximum absolute atomic E-state index is 5.38. The Morgan fingerprint density at radius 1 is 0.681 bits per heavy atom. The minimum Gasteiger partial charge on any atom is -0.270 e. The summed E-state index contributed by atoms with van der Waals surface area (Å²) in [5.41, 5.74) is 15.0. The summed E-state index contributed by atoms with van der Waals surface area (Å²) in [7, 11) is 1.82. The molecule has 0 bridgehead atoms. The second-order valence-electron chi connectivity index (χ2n) is 17.3. The second kappa shape index (κ2) is 22.0. The average molecular weight is 893 g/mol. The fraction of sp³-hybridized carbons (Fsp3) is 0.108. The van der Waals surface area contributed by atoms with Crippen molar-refractivity contribution < 1.29 is 0 Å². The number of para-hydroxylation sites is 1. The van der Waals surface area contributed by atoms with E-state index in [9.17, 15) is 0 Å². The highest BCUT2D eigenvalue weighted by molar-refractivity contribution is 6.14. The summed E-state index contributed by atoms with van der Waals surface area (Å²) < 4.78 is 0. The number of hydrogen-bond acceptors (Lipinski definition) is 2. The third-order valence-electron chi connectivity index (χ3n) is 12.6. The quantitative estimate of drug-likeness (QED) is 0.0725. The van der Waals surface area contributed by atoms with E-state index in [2.05, 4.69) is 227 Å². The lowest BCUT2D eigenvalue weighted by atomic mass is 9.85. The van der Waals surface area contributed by atoms with Gasteiger partial charge in [0.1, 0.15) is 0 Å². The largest absolute Gasteiger partial charge is 0.270 e. The van der Waals surface area contributed by atoms with E-state index < -0.39 is 0 Å². The molecule has 4 nitrogen and oxygen atoms in total. The normalized spacial score (nSPS) is 16.3. The molecule has 0 radical (unpaired) electrons. The molecule has 1 atom stereocenters. The minimum absolute atomic E-state index is 0.0996. The SMILES string of the molecule is C=C\C=c1/cccc/c1=C/C(C1=CCC(c2cc(C(=NC)N=C(N=Cc3cccc(-c4ccccc4)c3)c3cccc(C4=CCCC=C4)c3)cc(-c3ccc4ccccc4n3)c2)C=C1)=C(C)/C=C\C. The van der Waals surface area contributed by atoms with Gasteiger partial charge in [-0.3, -0.25) is 4.99 Å². The van der Waals surface area contributed by atoms with E-state index in [1.165, 1.54) is 22.3 Å². The number of rotatable bonds is 11. The molecule has 2 aliphatic rings. The molecule has 2 aliphatic carbocycles. The van der Waals surface area contributed by atoms with E-state index in [0.717, 1.165) is 90.8 Å². The lowest BCUT2D eigenvalue weighted by Gasteiger charge is -2.20. The Morgan fingerprint density at radius 3 is 2.26 bits per heavy atom. The van der Waals surface area contributed by atoms with Crippen molar-refractivity contribution in [1.82, 2.24) is 4.98 Å². The van der Waals surface area contributed by atoms with Gasteiger partial charge < -0.3 is 0 Å². The predicted molar refractivity (Wildman–Crippen MR) is 295 cm³/mol. The van der Waals surface area contributed by atoms with Crippen molar-refractivity contribution in [2.75, 3.05) is 7.05 Å². The summed E-state index contributed by atoms with van der Waals surface area (Å²) >= 11 is 0. The molecule has 336 valence electrons. The molecule has 4 heteroatoms. The monoisotopic (exact) mass is 892 g/mol. The van der Waals surface area contributed by atoms with Gasteiger partial charge in [0.25, 0.3) is 0 Å². The van der Waals surface area contributed by atoms with Crippen LogP contribution in [0.25, 0.3) is 51.0 Å². The number of amidine groups is 2. The van der Waals surface area contributed by atoms with E-state index in [-0.39, 0.29) is 5.92 Å². The fourth-order valence-electron chi connectivity index (χ4n) is 9.02.